The van der Waals surface area contributed by atoms with Gasteiger partial charge in [-0.1, -0.05) is 6.58 Å². The van der Waals surface area contributed by atoms with Crippen LogP contribution in [-0.2, 0) is 11.2 Å². The average Bonchev–Trinajstić information content (AvgIpc) is 2.60. The topological polar surface area (TPSA) is 61.9 Å². The molecule has 0 aromatic heterocycles. The first-order valence-corrected chi connectivity index (χ1v) is 8.60. The zero-order valence-electron chi connectivity index (χ0n) is 15.6. The molecule has 1 atom stereocenters. The minimum Gasteiger partial charge on any atom is -0.335 e. The van der Waals surface area contributed by atoms with Gasteiger partial charge in [-0.2, -0.15) is 13.2 Å². The number of hydrogen-bond donors (Lipinski definition) is 1. The number of carbonyl (C=O) groups excluding carboxylic acids is 1. The van der Waals surface area contributed by atoms with E-state index in [1.165, 1.54) is 4.90 Å². The fourth-order valence-corrected chi connectivity index (χ4v) is 3.06. The van der Waals surface area contributed by atoms with Crippen LogP contribution in [0.1, 0.15) is 12.0 Å². The molecular formula is C18H20F6N4O. The Morgan fingerprint density at radius 2 is 1.83 bits per heavy atom. The van der Waals surface area contributed by atoms with Crippen molar-refractivity contribution in [3.63, 3.8) is 0 Å². The number of aliphatic imine (C=N–C) groups is 1. The largest absolute Gasteiger partial charge is 0.449 e. The number of piperazine rings is 1. The van der Waals surface area contributed by atoms with Gasteiger partial charge in [-0.05, 0) is 18.1 Å². The van der Waals surface area contributed by atoms with E-state index in [9.17, 15) is 31.1 Å². The van der Waals surface area contributed by atoms with Gasteiger partial charge in [0.25, 0.3) is 0 Å². The standard InChI is InChI=1S/C18H20F6N4O/c1-10-9-27(3-4-28(10)17(26-2)18(22,23)24)16(29)7-12(25)5-11-6-14(20)15(21)8-13(11)19/h6,8,12H,1,3-5,7,9,25H2,2H3. The smallest absolute Gasteiger partial charge is 0.335 e. The van der Waals surface area contributed by atoms with Crippen LogP contribution in [-0.4, -0.2) is 60.4 Å². The summed E-state index contributed by atoms with van der Waals surface area (Å²) in [7, 11) is 1.02. The lowest BCUT2D eigenvalue weighted by Crippen LogP contribution is -2.52. The lowest BCUT2D eigenvalue weighted by atomic mass is 10.0. The Morgan fingerprint density at radius 3 is 2.38 bits per heavy atom. The molecule has 160 valence electrons. The van der Waals surface area contributed by atoms with Crippen LogP contribution in [0.15, 0.2) is 29.4 Å². The molecule has 2 N–H and O–H groups in total. The minimum absolute atomic E-state index is 0.0147. The Hall–Kier alpha value is -2.56. The van der Waals surface area contributed by atoms with Crippen molar-refractivity contribution < 1.29 is 31.1 Å². The number of nitrogens with two attached hydrogens (primary N) is 1. The molecule has 1 aliphatic heterocycles. The van der Waals surface area contributed by atoms with Crippen molar-refractivity contribution in [2.24, 2.45) is 10.7 Å². The summed E-state index contributed by atoms with van der Waals surface area (Å²) in [6.07, 6.45) is -5.11. The third kappa shape index (κ3) is 5.49. The van der Waals surface area contributed by atoms with Crippen molar-refractivity contribution in [1.29, 1.82) is 0 Å². The van der Waals surface area contributed by atoms with E-state index in [0.717, 1.165) is 11.9 Å². The van der Waals surface area contributed by atoms with Crippen molar-refractivity contribution in [3.05, 3.63) is 47.4 Å². The van der Waals surface area contributed by atoms with Gasteiger partial charge in [-0.3, -0.25) is 9.79 Å². The Morgan fingerprint density at radius 1 is 1.21 bits per heavy atom. The lowest BCUT2D eigenvalue weighted by molar-refractivity contribution is -0.132. The summed E-state index contributed by atoms with van der Waals surface area (Å²) in [5, 5.41) is 0. The molecule has 1 amide bonds. The SMILES string of the molecule is C=C1CN(C(=O)CC(N)Cc2cc(F)c(F)cc2F)CCN1C(=NC)C(F)(F)F. The minimum atomic E-state index is -4.65. The molecule has 0 saturated carbocycles. The number of nitrogens with zero attached hydrogens (tertiary/aromatic N) is 3. The number of amides is 1. The molecule has 11 heteroatoms. The maximum atomic E-state index is 13.7. The highest BCUT2D eigenvalue weighted by atomic mass is 19.4. The van der Waals surface area contributed by atoms with E-state index in [0.29, 0.717) is 12.1 Å². The van der Waals surface area contributed by atoms with Gasteiger partial charge < -0.3 is 15.5 Å². The van der Waals surface area contributed by atoms with E-state index in [-0.39, 0.29) is 43.7 Å². The second-order valence-corrected chi connectivity index (χ2v) is 6.60. The number of halogens is 6. The first-order valence-electron chi connectivity index (χ1n) is 8.60. The summed E-state index contributed by atoms with van der Waals surface area (Å²) in [5.74, 6) is -5.11. The summed E-state index contributed by atoms with van der Waals surface area (Å²) >= 11 is 0. The highest BCUT2D eigenvalue weighted by Gasteiger charge is 2.41. The van der Waals surface area contributed by atoms with Crippen molar-refractivity contribution in [1.82, 2.24) is 9.80 Å². The van der Waals surface area contributed by atoms with Gasteiger partial charge in [0.2, 0.25) is 11.7 Å². The van der Waals surface area contributed by atoms with Crippen LogP contribution in [0.25, 0.3) is 0 Å². The quantitative estimate of drug-likeness (QED) is 0.351. The summed E-state index contributed by atoms with van der Waals surface area (Å²) < 4.78 is 79.0. The van der Waals surface area contributed by atoms with Crippen LogP contribution in [0.5, 0.6) is 0 Å². The van der Waals surface area contributed by atoms with Gasteiger partial charge >= 0.3 is 6.18 Å². The molecule has 0 radical (unpaired) electrons. The third-order valence-electron chi connectivity index (χ3n) is 4.43. The van der Waals surface area contributed by atoms with Crippen molar-refractivity contribution in [2.75, 3.05) is 26.7 Å². The molecule has 1 aromatic carbocycles. The number of benzene rings is 1. The molecule has 1 unspecified atom stereocenters. The summed E-state index contributed by atoms with van der Waals surface area (Å²) in [5.41, 5.74) is 5.70. The molecular weight excluding hydrogens is 402 g/mol. The molecule has 1 saturated heterocycles. The number of carbonyl (C=O) groups is 1. The fraction of sp³-hybridized carbons (Fsp3) is 0.444. The Kier molecular flexibility index (Phi) is 6.93. The van der Waals surface area contributed by atoms with Gasteiger partial charge in [-0.25, -0.2) is 13.2 Å². The van der Waals surface area contributed by atoms with E-state index in [1.807, 2.05) is 0 Å². The highest BCUT2D eigenvalue weighted by Crippen LogP contribution is 2.25. The maximum Gasteiger partial charge on any atom is 0.449 e. The molecule has 1 aliphatic rings. The monoisotopic (exact) mass is 422 g/mol. The molecule has 2 rings (SSSR count). The molecule has 0 spiro atoms. The Labute approximate surface area is 163 Å². The average molecular weight is 422 g/mol. The van der Waals surface area contributed by atoms with Crippen LogP contribution in [0.2, 0.25) is 0 Å². The molecule has 1 heterocycles. The molecule has 0 aliphatic carbocycles. The van der Waals surface area contributed by atoms with E-state index in [1.54, 1.807) is 0 Å². The fourth-order valence-electron chi connectivity index (χ4n) is 3.06. The van der Waals surface area contributed by atoms with E-state index in [4.69, 9.17) is 5.73 Å². The molecule has 29 heavy (non-hydrogen) atoms. The first-order chi connectivity index (χ1) is 13.4. The van der Waals surface area contributed by atoms with Crippen molar-refractivity contribution >= 4 is 11.7 Å². The number of alkyl halides is 3. The van der Waals surface area contributed by atoms with Crippen molar-refractivity contribution in [2.45, 2.75) is 25.1 Å². The summed E-state index contributed by atoms with van der Waals surface area (Å²) in [6.45, 7) is 3.26. The molecule has 5 nitrogen and oxygen atoms in total. The van der Waals surface area contributed by atoms with E-state index >= 15 is 0 Å². The zero-order chi connectivity index (χ0) is 21.9. The van der Waals surface area contributed by atoms with Gasteiger partial charge in [0.05, 0.1) is 6.54 Å². The van der Waals surface area contributed by atoms with Gasteiger partial charge in [0.1, 0.15) is 5.82 Å². The molecule has 1 aromatic rings. The normalized spacial score (nSPS) is 17.0. The molecule has 0 bridgehead atoms. The van der Waals surface area contributed by atoms with Crippen molar-refractivity contribution in [3.8, 4) is 0 Å². The predicted molar refractivity (Wildman–Crippen MR) is 94.5 cm³/mol. The van der Waals surface area contributed by atoms with Crippen LogP contribution in [0, 0.1) is 17.5 Å². The lowest BCUT2D eigenvalue weighted by Gasteiger charge is -2.38. The zero-order valence-corrected chi connectivity index (χ0v) is 15.6. The van der Waals surface area contributed by atoms with Gasteiger partial charge in [0, 0.05) is 44.4 Å². The first kappa shape index (κ1) is 22.7. The van der Waals surface area contributed by atoms with Crippen LogP contribution in [0.4, 0.5) is 26.3 Å². The second kappa shape index (κ2) is 8.85. The maximum absolute atomic E-state index is 13.7. The number of hydrogen-bond acceptors (Lipinski definition) is 3. The third-order valence-corrected chi connectivity index (χ3v) is 4.43. The van der Waals surface area contributed by atoms with E-state index < -0.39 is 41.4 Å². The Balaban J connectivity index is 1.97. The van der Waals surface area contributed by atoms with Crippen LogP contribution < -0.4 is 5.73 Å². The van der Waals surface area contributed by atoms with Gasteiger partial charge in [0.15, 0.2) is 11.6 Å². The number of rotatable bonds is 4. The van der Waals surface area contributed by atoms with Crippen LogP contribution >= 0.6 is 0 Å². The number of amidine groups is 1. The van der Waals surface area contributed by atoms with E-state index in [2.05, 4.69) is 11.6 Å². The highest BCUT2D eigenvalue weighted by molar-refractivity contribution is 5.89. The second-order valence-electron chi connectivity index (χ2n) is 6.60. The predicted octanol–water partition coefficient (Wildman–Crippen LogP) is 2.61. The Bertz CT molecular complexity index is 823. The molecule has 1 fully saturated rings. The summed E-state index contributed by atoms with van der Waals surface area (Å²) in [6, 6.07) is 0.185. The van der Waals surface area contributed by atoms with Crippen LogP contribution in [0.3, 0.4) is 0 Å². The van der Waals surface area contributed by atoms with Gasteiger partial charge in [-0.15, -0.1) is 0 Å². The summed E-state index contributed by atoms with van der Waals surface area (Å²) in [4.78, 5) is 17.8.